The van der Waals surface area contributed by atoms with Crippen LogP contribution in [-0.4, -0.2) is 9.13 Å². The number of aromatic nitrogens is 2. The number of rotatable bonds is 2. The minimum Gasteiger partial charge on any atom is -0.309 e. The van der Waals surface area contributed by atoms with E-state index < -0.39 is 0 Å². The molecule has 40 heavy (non-hydrogen) atoms. The van der Waals surface area contributed by atoms with Crippen molar-refractivity contribution in [2.24, 2.45) is 0 Å². The molecule has 0 spiro atoms. The summed E-state index contributed by atoms with van der Waals surface area (Å²) in [5, 5.41) is 14.0. The molecule has 4 heteroatoms. The van der Waals surface area contributed by atoms with Crippen LogP contribution in [0.3, 0.4) is 0 Å². The van der Waals surface area contributed by atoms with Crippen LogP contribution in [0, 0.1) is 17.9 Å². The highest BCUT2D eigenvalue weighted by Gasteiger charge is 2.19. The molecule has 0 bridgehead atoms. The first-order chi connectivity index (χ1) is 19.4. The fourth-order valence-corrected chi connectivity index (χ4v) is 5.92. The van der Waals surface area contributed by atoms with Gasteiger partial charge in [-0.05, 0) is 83.1 Å². The summed E-state index contributed by atoms with van der Waals surface area (Å²) in [7, 11) is 0. The van der Waals surface area contributed by atoms with Crippen molar-refractivity contribution in [3.8, 4) is 17.4 Å². The van der Waals surface area contributed by atoms with Crippen LogP contribution in [0.5, 0.6) is 0 Å². The highest BCUT2D eigenvalue weighted by Crippen LogP contribution is 2.38. The molecule has 0 aliphatic carbocycles. The van der Waals surface area contributed by atoms with E-state index in [-0.39, 0.29) is 5.41 Å². The second-order valence-corrected chi connectivity index (χ2v) is 11.3. The lowest BCUT2D eigenvalue weighted by Gasteiger charge is -2.19. The molecule has 0 aliphatic rings. The molecule has 2 aromatic heterocycles. The average molecular weight is 515 g/mol. The van der Waals surface area contributed by atoms with Gasteiger partial charge >= 0.3 is 0 Å². The zero-order valence-corrected chi connectivity index (χ0v) is 22.6. The standard InChI is InChI=1S/C36H26N4/c1-36(2,3)24-13-16-34-30(19-24)31-20-25(38-4)14-17-35(31)40(34)27-9-7-8-26(21-27)39-32-11-6-5-10-28(32)29-18-23(22-37)12-15-33(29)39/h5-21H,1-3H3. The summed E-state index contributed by atoms with van der Waals surface area (Å²) < 4.78 is 4.58. The van der Waals surface area contributed by atoms with Crippen molar-refractivity contribution in [2.75, 3.05) is 0 Å². The van der Waals surface area contributed by atoms with Crippen molar-refractivity contribution >= 4 is 49.3 Å². The number of hydrogen-bond donors (Lipinski definition) is 0. The van der Waals surface area contributed by atoms with Gasteiger partial charge in [0.2, 0.25) is 0 Å². The molecule has 0 fully saturated rings. The Kier molecular flexibility index (Phi) is 5.11. The lowest BCUT2D eigenvalue weighted by atomic mass is 9.86. The summed E-state index contributed by atoms with van der Waals surface area (Å²) in [4.78, 5) is 3.72. The van der Waals surface area contributed by atoms with Gasteiger partial charge in [0.15, 0.2) is 5.69 Å². The predicted octanol–water partition coefficient (Wildman–Crippen LogP) is 9.60. The third kappa shape index (κ3) is 3.51. The molecule has 0 amide bonds. The summed E-state index contributed by atoms with van der Waals surface area (Å²) in [6.07, 6.45) is 0. The number of benzene rings is 5. The largest absolute Gasteiger partial charge is 0.309 e. The van der Waals surface area contributed by atoms with Gasteiger partial charge in [0, 0.05) is 27.5 Å². The van der Waals surface area contributed by atoms with Gasteiger partial charge in [-0.1, -0.05) is 57.2 Å². The summed E-state index contributed by atoms with van der Waals surface area (Å²) in [5.74, 6) is 0. The van der Waals surface area contributed by atoms with E-state index in [1.165, 1.54) is 5.56 Å². The van der Waals surface area contributed by atoms with Gasteiger partial charge in [0.1, 0.15) is 0 Å². The molecular weight excluding hydrogens is 488 g/mol. The molecule has 190 valence electrons. The van der Waals surface area contributed by atoms with E-state index in [2.05, 4.69) is 108 Å². The first-order valence-electron chi connectivity index (χ1n) is 13.4. The van der Waals surface area contributed by atoms with Gasteiger partial charge < -0.3 is 9.13 Å². The Balaban J connectivity index is 1.52. The van der Waals surface area contributed by atoms with E-state index in [9.17, 15) is 5.26 Å². The zero-order valence-electron chi connectivity index (χ0n) is 22.6. The Morgan fingerprint density at radius 1 is 0.625 bits per heavy atom. The lowest BCUT2D eigenvalue weighted by molar-refractivity contribution is 0.591. The summed E-state index contributed by atoms with van der Waals surface area (Å²) in [6.45, 7) is 14.3. The highest BCUT2D eigenvalue weighted by molar-refractivity contribution is 6.11. The van der Waals surface area contributed by atoms with Gasteiger partial charge in [-0.25, -0.2) is 4.85 Å². The van der Waals surface area contributed by atoms with Crippen LogP contribution in [-0.2, 0) is 5.41 Å². The topological polar surface area (TPSA) is 38.0 Å². The Bertz CT molecular complexity index is 2220. The monoisotopic (exact) mass is 514 g/mol. The van der Waals surface area contributed by atoms with Crippen LogP contribution < -0.4 is 0 Å². The van der Waals surface area contributed by atoms with Gasteiger partial charge in [-0.3, -0.25) is 0 Å². The normalized spacial score (nSPS) is 11.8. The number of nitriles is 1. The van der Waals surface area contributed by atoms with Crippen LogP contribution in [0.25, 0.3) is 59.8 Å². The SMILES string of the molecule is [C-]#[N+]c1ccc2c(c1)c1cc(C(C)(C)C)ccc1n2-c1cccc(-n2c3ccccc3c3cc(C#N)ccc32)c1. The fourth-order valence-electron chi connectivity index (χ4n) is 5.92. The van der Waals surface area contributed by atoms with Crippen LogP contribution >= 0.6 is 0 Å². The summed E-state index contributed by atoms with van der Waals surface area (Å²) >= 11 is 0. The molecule has 0 atom stereocenters. The predicted molar refractivity (Wildman–Crippen MR) is 165 cm³/mol. The van der Waals surface area contributed by atoms with E-state index >= 15 is 0 Å². The molecule has 0 aliphatic heterocycles. The van der Waals surface area contributed by atoms with Crippen LogP contribution in [0.4, 0.5) is 5.69 Å². The molecule has 2 heterocycles. The maximum Gasteiger partial charge on any atom is 0.188 e. The molecule has 0 saturated heterocycles. The average Bonchev–Trinajstić information content (AvgIpc) is 3.48. The minimum absolute atomic E-state index is 0.0158. The van der Waals surface area contributed by atoms with Crippen LogP contribution in [0.15, 0.2) is 103 Å². The molecule has 0 saturated carbocycles. The van der Waals surface area contributed by atoms with E-state index in [1.54, 1.807) is 0 Å². The third-order valence-electron chi connectivity index (χ3n) is 7.89. The number of nitrogens with zero attached hydrogens (tertiary/aromatic N) is 4. The first-order valence-corrected chi connectivity index (χ1v) is 13.4. The van der Waals surface area contributed by atoms with Crippen molar-refractivity contribution < 1.29 is 0 Å². The van der Waals surface area contributed by atoms with Crippen LogP contribution in [0.1, 0.15) is 31.9 Å². The summed E-state index contributed by atoms with van der Waals surface area (Å²) in [5.41, 5.74) is 9.04. The fraction of sp³-hybridized carbons (Fsp3) is 0.111. The van der Waals surface area contributed by atoms with Crippen LogP contribution in [0.2, 0.25) is 0 Å². The molecule has 0 N–H and O–H groups in total. The maximum absolute atomic E-state index is 9.53. The Labute approximate surface area is 232 Å². The second kappa shape index (κ2) is 8.60. The van der Waals surface area contributed by atoms with Gasteiger partial charge in [0.05, 0.1) is 40.3 Å². The summed E-state index contributed by atoms with van der Waals surface area (Å²) in [6, 6.07) is 37.8. The van der Waals surface area contributed by atoms with Crippen molar-refractivity contribution in [1.82, 2.24) is 9.13 Å². The van der Waals surface area contributed by atoms with E-state index in [1.807, 2.05) is 36.4 Å². The molecule has 4 nitrogen and oxygen atoms in total. The lowest BCUT2D eigenvalue weighted by Crippen LogP contribution is -2.10. The first kappa shape index (κ1) is 23.8. The van der Waals surface area contributed by atoms with Gasteiger partial charge in [0.25, 0.3) is 0 Å². The molecule has 7 rings (SSSR count). The van der Waals surface area contributed by atoms with E-state index in [0.29, 0.717) is 11.3 Å². The number of hydrogen-bond acceptors (Lipinski definition) is 1. The quantitative estimate of drug-likeness (QED) is 0.212. The smallest absolute Gasteiger partial charge is 0.188 e. The maximum atomic E-state index is 9.53. The van der Waals surface area contributed by atoms with E-state index in [0.717, 1.165) is 55.0 Å². The van der Waals surface area contributed by atoms with Crippen molar-refractivity contribution in [1.29, 1.82) is 5.26 Å². The van der Waals surface area contributed by atoms with E-state index in [4.69, 9.17) is 6.57 Å². The molecular formula is C36H26N4. The Morgan fingerprint density at radius 2 is 1.23 bits per heavy atom. The number of fused-ring (bicyclic) bond motifs is 6. The third-order valence-corrected chi connectivity index (χ3v) is 7.89. The van der Waals surface area contributed by atoms with Crippen molar-refractivity contribution in [3.63, 3.8) is 0 Å². The minimum atomic E-state index is 0.0158. The van der Waals surface area contributed by atoms with Gasteiger partial charge in [-0.2, -0.15) is 5.26 Å². The second-order valence-electron chi connectivity index (χ2n) is 11.3. The van der Waals surface area contributed by atoms with Crippen molar-refractivity contribution in [2.45, 2.75) is 26.2 Å². The van der Waals surface area contributed by atoms with Crippen molar-refractivity contribution in [3.05, 3.63) is 126 Å². The highest BCUT2D eigenvalue weighted by atomic mass is 15.0. The molecule has 0 radical (unpaired) electrons. The Morgan fingerprint density at radius 3 is 1.90 bits per heavy atom. The molecule has 0 unspecified atom stereocenters. The van der Waals surface area contributed by atoms with Gasteiger partial charge in [-0.15, -0.1) is 0 Å². The number of para-hydroxylation sites is 1. The molecule has 5 aromatic carbocycles. The molecule has 7 aromatic rings. The zero-order chi connectivity index (χ0) is 27.6. The Hall–Kier alpha value is -5.32.